The molecule has 0 saturated heterocycles. The van der Waals surface area contributed by atoms with Crippen molar-refractivity contribution in [3.05, 3.63) is 36.5 Å². The number of hydrogen-bond donors (Lipinski definition) is 2. The maximum atomic E-state index is 12.9. The number of phosphoric ester groups is 1. The molecule has 0 saturated carbocycles. The van der Waals surface area contributed by atoms with Gasteiger partial charge in [-0.1, -0.05) is 237 Å². The van der Waals surface area contributed by atoms with E-state index in [1.165, 1.54) is 193 Å². The Hall–Kier alpha value is -1.28. The number of rotatable bonds is 50. The van der Waals surface area contributed by atoms with Gasteiger partial charge in [-0.2, -0.15) is 0 Å². The lowest BCUT2D eigenvalue weighted by molar-refractivity contribution is -0.870. The lowest BCUT2D eigenvalue weighted by Gasteiger charge is -2.29. The Morgan fingerprint density at radius 2 is 0.906 bits per heavy atom. The van der Waals surface area contributed by atoms with Gasteiger partial charge in [-0.3, -0.25) is 9.36 Å². The molecule has 3 unspecified atom stereocenters. The molecule has 64 heavy (non-hydrogen) atoms. The lowest BCUT2D eigenvalue weighted by Crippen LogP contribution is -2.45. The standard InChI is InChI=1S/C55H107N2O6P/c1-6-8-10-12-14-16-18-20-22-24-25-26-27-28-29-30-31-33-35-37-39-41-43-45-47-49-55(59)56-53(52-63-64(60,61)62-51-50-57(3,4)5)54(58)48-46-44-42-40-38-36-34-32-23-21-19-17-15-13-11-9-7-2/h18,20,24-25,46,48,53-54,58H,6-17,19,21-23,26-45,47,49-52H2,1-5H3,(H-,56,59,60,61)/b20-18-,25-24-,48-46+. The summed E-state index contributed by atoms with van der Waals surface area (Å²) < 4.78 is 23.3. The van der Waals surface area contributed by atoms with E-state index in [1.807, 2.05) is 27.2 Å². The van der Waals surface area contributed by atoms with E-state index < -0.39 is 20.0 Å². The van der Waals surface area contributed by atoms with Gasteiger partial charge in [-0.15, -0.1) is 0 Å². The zero-order chi connectivity index (χ0) is 47.1. The number of aliphatic hydroxyl groups excluding tert-OH is 1. The number of amides is 1. The van der Waals surface area contributed by atoms with Gasteiger partial charge in [0.25, 0.3) is 7.82 Å². The van der Waals surface area contributed by atoms with E-state index >= 15 is 0 Å². The molecular weight excluding hydrogens is 816 g/mol. The second-order valence-corrected chi connectivity index (χ2v) is 21.3. The highest BCUT2D eigenvalue weighted by Crippen LogP contribution is 2.38. The molecule has 0 bridgehead atoms. The van der Waals surface area contributed by atoms with Crippen LogP contribution < -0.4 is 10.2 Å². The molecule has 2 N–H and O–H groups in total. The molecule has 9 heteroatoms. The topological polar surface area (TPSA) is 108 Å². The van der Waals surface area contributed by atoms with Crippen LogP contribution in [0.15, 0.2) is 36.5 Å². The van der Waals surface area contributed by atoms with Crippen molar-refractivity contribution in [1.29, 1.82) is 0 Å². The Labute approximate surface area is 397 Å². The van der Waals surface area contributed by atoms with Gasteiger partial charge < -0.3 is 28.8 Å². The number of aliphatic hydroxyl groups is 1. The Morgan fingerprint density at radius 3 is 1.30 bits per heavy atom. The predicted octanol–water partition coefficient (Wildman–Crippen LogP) is 15.6. The molecule has 0 aliphatic rings. The van der Waals surface area contributed by atoms with E-state index in [9.17, 15) is 19.4 Å². The summed E-state index contributed by atoms with van der Waals surface area (Å²) in [5.74, 6) is -0.196. The predicted molar refractivity (Wildman–Crippen MR) is 275 cm³/mol. The van der Waals surface area contributed by atoms with Crippen LogP contribution in [0.4, 0.5) is 0 Å². The van der Waals surface area contributed by atoms with Gasteiger partial charge in [0.2, 0.25) is 5.91 Å². The molecule has 0 aromatic rings. The Bertz CT molecular complexity index is 1140. The molecule has 0 radical (unpaired) electrons. The number of likely N-dealkylation sites (N-methyl/N-ethyl adjacent to an activating group) is 1. The van der Waals surface area contributed by atoms with Gasteiger partial charge in [0.1, 0.15) is 13.2 Å². The highest BCUT2D eigenvalue weighted by atomic mass is 31.2. The number of nitrogens with one attached hydrogen (secondary N) is 1. The van der Waals surface area contributed by atoms with Crippen LogP contribution in [0, 0.1) is 0 Å². The summed E-state index contributed by atoms with van der Waals surface area (Å²) >= 11 is 0. The number of nitrogens with zero attached hydrogens (tertiary/aromatic N) is 1. The van der Waals surface area contributed by atoms with Crippen molar-refractivity contribution >= 4 is 13.7 Å². The second-order valence-electron chi connectivity index (χ2n) is 19.9. The molecule has 0 heterocycles. The van der Waals surface area contributed by atoms with Crippen LogP contribution in [-0.4, -0.2) is 68.5 Å². The van der Waals surface area contributed by atoms with E-state index in [1.54, 1.807) is 6.08 Å². The van der Waals surface area contributed by atoms with Crippen molar-refractivity contribution in [2.75, 3.05) is 40.9 Å². The summed E-state index contributed by atoms with van der Waals surface area (Å²) in [6.45, 7) is 4.66. The van der Waals surface area contributed by atoms with E-state index in [0.29, 0.717) is 17.4 Å². The van der Waals surface area contributed by atoms with Crippen molar-refractivity contribution in [2.24, 2.45) is 0 Å². The minimum absolute atomic E-state index is 0.000409. The normalized spacial score (nSPS) is 14.3. The van der Waals surface area contributed by atoms with Crippen LogP contribution in [0.5, 0.6) is 0 Å². The van der Waals surface area contributed by atoms with Crippen LogP contribution >= 0.6 is 7.82 Å². The quantitative estimate of drug-likeness (QED) is 0.0272. The Balaban J connectivity index is 4.22. The fourth-order valence-electron chi connectivity index (χ4n) is 8.01. The molecule has 0 aliphatic carbocycles. The van der Waals surface area contributed by atoms with Gasteiger partial charge in [0.15, 0.2) is 0 Å². The van der Waals surface area contributed by atoms with Crippen LogP contribution in [0.1, 0.15) is 258 Å². The first-order chi connectivity index (χ1) is 31.0. The first-order valence-electron chi connectivity index (χ1n) is 27.4. The van der Waals surface area contributed by atoms with Crippen molar-refractivity contribution in [2.45, 2.75) is 270 Å². The molecule has 0 fully saturated rings. The molecule has 378 valence electrons. The van der Waals surface area contributed by atoms with Crippen LogP contribution in [0.2, 0.25) is 0 Å². The van der Waals surface area contributed by atoms with Crippen molar-refractivity contribution in [3.8, 4) is 0 Å². The second kappa shape index (κ2) is 46.8. The average molecular weight is 923 g/mol. The number of quaternary nitrogens is 1. The van der Waals surface area contributed by atoms with Gasteiger partial charge >= 0.3 is 0 Å². The molecule has 0 aromatic heterocycles. The minimum Gasteiger partial charge on any atom is -0.756 e. The smallest absolute Gasteiger partial charge is 0.268 e. The largest absolute Gasteiger partial charge is 0.756 e. The lowest BCUT2D eigenvalue weighted by atomic mass is 10.0. The van der Waals surface area contributed by atoms with Crippen LogP contribution in [0.3, 0.4) is 0 Å². The number of hydrogen-bond acceptors (Lipinski definition) is 6. The fraction of sp³-hybridized carbons (Fsp3) is 0.873. The first kappa shape index (κ1) is 62.7. The molecule has 8 nitrogen and oxygen atoms in total. The van der Waals surface area contributed by atoms with E-state index in [0.717, 1.165) is 44.9 Å². The third kappa shape index (κ3) is 48.6. The third-order valence-electron chi connectivity index (χ3n) is 12.3. The van der Waals surface area contributed by atoms with Gasteiger partial charge in [-0.05, 0) is 51.4 Å². The molecule has 0 rings (SSSR count). The monoisotopic (exact) mass is 923 g/mol. The number of phosphoric acid groups is 1. The summed E-state index contributed by atoms with van der Waals surface area (Å²) in [4.78, 5) is 25.5. The first-order valence-corrected chi connectivity index (χ1v) is 28.8. The minimum atomic E-state index is -4.59. The van der Waals surface area contributed by atoms with E-state index in [4.69, 9.17) is 9.05 Å². The number of carbonyl (C=O) groups is 1. The summed E-state index contributed by atoms with van der Waals surface area (Å²) in [5.41, 5.74) is 0. The summed E-state index contributed by atoms with van der Waals surface area (Å²) in [6.07, 6.45) is 59.2. The summed E-state index contributed by atoms with van der Waals surface area (Å²) in [6, 6.07) is -0.886. The van der Waals surface area contributed by atoms with Crippen LogP contribution in [-0.2, 0) is 18.4 Å². The zero-order valence-corrected chi connectivity index (χ0v) is 43.9. The van der Waals surface area contributed by atoms with E-state index in [-0.39, 0.29) is 19.1 Å². The highest BCUT2D eigenvalue weighted by molar-refractivity contribution is 7.45. The van der Waals surface area contributed by atoms with Crippen molar-refractivity contribution in [3.63, 3.8) is 0 Å². The average Bonchev–Trinajstić information content (AvgIpc) is 3.25. The van der Waals surface area contributed by atoms with Gasteiger partial charge in [-0.25, -0.2) is 0 Å². The maximum Gasteiger partial charge on any atom is 0.268 e. The number of carbonyl (C=O) groups excluding carboxylic acids is 1. The Morgan fingerprint density at radius 1 is 0.547 bits per heavy atom. The maximum absolute atomic E-state index is 12.9. The molecule has 0 aromatic carbocycles. The Kier molecular flexibility index (Phi) is 45.9. The zero-order valence-electron chi connectivity index (χ0n) is 43.0. The molecule has 0 aliphatic heterocycles. The third-order valence-corrected chi connectivity index (χ3v) is 13.3. The summed E-state index contributed by atoms with van der Waals surface area (Å²) in [5, 5.41) is 13.9. The van der Waals surface area contributed by atoms with Crippen LogP contribution in [0.25, 0.3) is 0 Å². The van der Waals surface area contributed by atoms with Crippen molar-refractivity contribution in [1.82, 2.24) is 5.32 Å². The SMILES string of the molecule is CCCCCCC/C=C\C/C=C\CCCCCCCCCCCCCCCC(=O)NC(COP(=O)([O-])OCC[N+](C)(C)C)C(O)/C=C/CCCCCCCCCCCCCCCCC. The fourth-order valence-corrected chi connectivity index (χ4v) is 8.73. The van der Waals surface area contributed by atoms with Crippen molar-refractivity contribution < 1.29 is 32.9 Å². The van der Waals surface area contributed by atoms with Gasteiger partial charge in [0.05, 0.1) is 39.9 Å². The number of allylic oxidation sites excluding steroid dienone is 5. The van der Waals surface area contributed by atoms with Gasteiger partial charge in [0, 0.05) is 6.42 Å². The molecule has 0 spiro atoms. The summed E-state index contributed by atoms with van der Waals surface area (Å²) in [7, 11) is 1.27. The molecular formula is C55H107N2O6P. The molecule has 1 amide bonds. The van der Waals surface area contributed by atoms with E-state index in [2.05, 4.69) is 43.5 Å². The number of unbranched alkanes of at least 4 members (excludes halogenated alkanes) is 33. The highest BCUT2D eigenvalue weighted by Gasteiger charge is 2.23. The molecule has 3 atom stereocenters.